The van der Waals surface area contributed by atoms with Gasteiger partial charge in [0, 0.05) is 13.0 Å². The van der Waals surface area contributed by atoms with Crippen LogP contribution in [0.3, 0.4) is 0 Å². The molecule has 0 saturated heterocycles. The second-order valence-corrected chi connectivity index (χ2v) is 4.12. The number of anilines is 1. The Morgan fingerprint density at radius 2 is 2.50 bits per heavy atom. The van der Waals surface area contributed by atoms with Gasteiger partial charge in [0.25, 0.3) is 0 Å². The Morgan fingerprint density at radius 3 is 3.12 bits per heavy atom. The minimum Gasteiger partial charge on any atom is -0.361 e. The summed E-state index contributed by atoms with van der Waals surface area (Å²) in [6, 6.07) is 1.96. The zero-order chi connectivity index (χ0) is 11.4. The molecule has 2 aromatic heterocycles. The molecule has 6 nitrogen and oxygen atoms in total. The maximum atomic E-state index is 8.68. The highest BCUT2D eigenvalue weighted by Gasteiger charge is 2.08. The van der Waals surface area contributed by atoms with Crippen LogP contribution >= 0.6 is 22.9 Å². The summed E-state index contributed by atoms with van der Waals surface area (Å²) in [4.78, 5) is 8.26. The van der Waals surface area contributed by atoms with Crippen molar-refractivity contribution in [3.63, 3.8) is 0 Å². The Balaban J connectivity index is 1.88. The van der Waals surface area contributed by atoms with E-state index < -0.39 is 0 Å². The predicted octanol–water partition coefficient (Wildman–Crippen LogP) is 1.71. The van der Waals surface area contributed by atoms with E-state index in [-0.39, 0.29) is 5.15 Å². The summed E-state index contributed by atoms with van der Waals surface area (Å²) in [5.41, 5.74) is 0. The van der Waals surface area contributed by atoms with Crippen LogP contribution in [0.5, 0.6) is 0 Å². The zero-order valence-electron chi connectivity index (χ0n) is 7.97. The van der Waals surface area contributed by atoms with E-state index >= 15 is 0 Å². The van der Waals surface area contributed by atoms with Crippen LogP contribution in [-0.2, 0) is 6.42 Å². The molecule has 1 N–H and O–H groups in total. The Kier molecular flexibility index (Phi) is 3.34. The maximum Gasteiger partial charge on any atom is 0.228 e. The molecule has 0 radical (unpaired) electrons. The number of halogens is 1. The smallest absolute Gasteiger partial charge is 0.228 e. The Morgan fingerprint density at radius 1 is 1.62 bits per heavy atom. The first-order valence-electron chi connectivity index (χ1n) is 4.35. The van der Waals surface area contributed by atoms with Gasteiger partial charge in [-0.15, -0.1) is 0 Å². The maximum absolute atomic E-state index is 8.68. The Hall–Kier alpha value is -1.65. The highest BCUT2D eigenvalue weighted by molar-refractivity contribution is 7.16. The molecule has 2 aromatic rings. The number of hydrogen-bond acceptors (Lipinski definition) is 7. The second kappa shape index (κ2) is 4.92. The predicted molar refractivity (Wildman–Crippen MR) is 58.3 cm³/mol. The fourth-order valence-corrected chi connectivity index (χ4v) is 2.00. The lowest BCUT2D eigenvalue weighted by Gasteiger charge is -1.97. The fourth-order valence-electron chi connectivity index (χ4n) is 1.03. The van der Waals surface area contributed by atoms with E-state index in [4.69, 9.17) is 21.4 Å². The van der Waals surface area contributed by atoms with Crippen molar-refractivity contribution in [3.8, 4) is 6.07 Å². The number of hydrogen-bond donors (Lipinski definition) is 1. The van der Waals surface area contributed by atoms with Gasteiger partial charge < -0.3 is 9.84 Å². The number of thiazole rings is 1. The van der Waals surface area contributed by atoms with Crippen molar-refractivity contribution < 1.29 is 4.52 Å². The highest BCUT2D eigenvalue weighted by atomic mass is 35.5. The van der Waals surface area contributed by atoms with Gasteiger partial charge in [-0.25, -0.2) is 4.98 Å². The summed E-state index contributed by atoms with van der Waals surface area (Å²) >= 11 is 6.93. The zero-order valence-corrected chi connectivity index (χ0v) is 9.55. The molecule has 0 spiro atoms. The first-order chi connectivity index (χ1) is 7.79. The Labute approximate surface area is 99.9 Å². The number of nitrogens with zero attached hydrogens (tertiary/aromatic N) is 4. The van der Waals surface area contributed by atoms with E-state index in [0.717, 1.165) is 0 Å². The SMILES string of the molecule is N#Cc1sc(NCCc2ncno2)nc1Cl. The van der Waals surface area contributed by atoms with Gasteiger partial charge in [-0.3, -0.25) is 0 Å². The molecular weight excluding hydrogens is 250 g/mol. The van der Waals surface area contributed by atoms with E-state index in [1.807, 2.05) is 6.07 Å². The monoisotopic (exact) mass is 255 g/mol. The number of aromatic nitrogens is 3. The normalized spacial score (nSPS) is 10.0. The van der Waals surface area contributed by atoms with Crippen molar-refractivity contribution >= 4 is 28.1 Å². The third kappa shape index (κ3) is 2.48. The van der Waals surface area contributed by atoms with E-state index in [1.165, 1.54) is 17.7 Å². The average Bonchev–Trinajstić information content (AvgIpc) is 2.88. The van der Waals surface area contributed by atoms with Crippen LogP contribution in [0, 0.1) is 11.3 Å². The molecule has 82 valence electrons. The summed E-state index contributed by atoms with van der Waals surface area (Å²) in [6.45, 7) is 0.594. The average molecular weight is 256 g/mol. The minimum atomic E-state index is 0.229. The van der Waals surface area contributed by atoms with Crippen LogP contribution in [-0.4, -0.2) is 21.7 Å². The molecule has 0 unspecified atom stereocenters. The molecule has 8 heteroatoms. The van der Waals surface area contributed by atoms with Gasteiger partial charge in [0.2, 0.25) is 5.89 Å². The van der Waals surface area contributed by atoms with Crippen molar-refractivity contribution in [2.75, 3.05) is 11.9 Å². The van der Waals surface area contributed by atoms with Crippen LogP contribution in [0.4, 0.5) is 5.13 Å². The van der Waals surface area contributed by atoms with Crippen LogP contribution in [0.15, 0.2) is 10.9 Å². The first kappa shape index (κ1) is 10.9. The molecule has 0 saturated carbocycles. The van der Waals surface area contributed by atoms with Crippen LogP contribution in [0.2, 0.25) is 5.15 Å². The van der Waals surface area contributed by atoms with Crippen LogP contribution in [0.25, 0.3) is 0 Å². The van der Waals surface area contributed by atoms with Gasteiger partial charge in [0.05, 0.1) is 0 Å². The van der Waals surface area contributed by atoms with Gasteiger partial charge in [-0.2, -0.15) is 10.2 Å². The van der Waals surface area contributed by atoms with Gasteiger partial charge in [-0.1, -0.05) is 28.1 Å². The molecule has 0 aromatic carbocycles. The minimum absolute atomic E-state index is 0.229. The Bertz CT molecular complexity index is 503. The van der Waals surface area contributed by atoms with Crippen molar-refractivity contribution in [1.29, 1.82) is 5.26 Å². The van der Waals surface area contributed by atoms with Crippen molar-refractivity contribution in [1.82, 2.24) is 15.1 Å². The molecule has 0 fully saturated rings. The lowest BCUT2D eigenvalue weighted by Crippen LogP contribution is -2.04. The molecule has 0 bridgehead atoms. The van der Waals surface area contributed by atoms with Crippen molar-refractivity contribution in [2.45, 2.75) is 6.42 Å². The largest absolute Gasteiger partial charge is 0.361 e. The van der Waals surface area contributed by atoms with E-state index in [0.29, 0.717) is 28.9 Å². The number of nitrogens with one attached hydrogen (secondary N) is 1. The summed E-state index contributed by atoms with van der Waals surface area (Å²) < 4.78 is 4.83. The molecule has 2 heterocycles. The summed E-state index contributed by atoms with van der Waals surface area (Å²) in [5, 5.41) is 16.0. The van der Waals surface area contributed by atoms with Crippen molar-refractivity contribution in [3.05, 3.63) is 22.2 Å². The summed E-state index contributed by atoms with van der Waals surface area (Å²) in [6.07, 6.45) is 1.95. The summed E-state index contributed by atoms with van der Waals surface area (Å²) in [7, 11) is 0. The molecule has 0 atom stereocenters. The molecule has 0 amide bonds. The van der Waals surface area contributed by atoms with Gasteiger partial charge >= 0.3 is 0 Å². The lowest BCUT2D eigenvalue weighted by molar-refractivity contribution is 0.380. The van der Waals surface area contributed by atoms with Crippen molar-refractivity contribution in [2.24, 2.45) is 0 Å². The molecular formula is C8H6ClN5OS. The highest BCUT2D eigenvalue weighted by Crippen LogP contribution is 2.25. The van der Waals surface area contributed by atoms with Crippen LogP contribution < -0.4 is 5.32 Å². The molecule has 16 heavy (non-hydrogen) atoms. The van der Waals surface area contributed by atoms with E-state index in [2.05, 4.69) is 20.4 Å². The second-order valence-electron chi connectivity index (χ2n) is 2.76. The summed E-state index contributed by atoms with van der Waals surface area (Å²) in [5.74, 6) is 0.552. The number of rotatable bonds is 4. The standard InChI is InChI=1S/C8H6ClN5OS/c9-7-5(3-10)16-8(14-7)11-2-1-6-12-4-13-15-6/h4H,1-2H2,(H,11,14). The third-order valence-corrected chi connectivity index (χ3v) is 3.01. The van der Waals surface area contributed by atoms with Gasteiger partial charge in [0.15, 0.2) is 16.6 Å². The molecule has 2 rings (SSSR count). The lowest BCUT2D eigenvalue weighted by atomic mass is 10.4. The molecule has 0 aliphatic rings. The number of nitriles is 1. The first-order valence-corrected chi connectivity index (χ1v) is 5.55. The van der Waals surface area contributed by atoms with Gasteiger partial charge in [-0.05, 0) is 0 Å². The van der Waals surface area contributed by atoms with E-state index in [9.17, 15) is 0 Å². The molecule has 0 aliphatic heterocycles. The van der Waals surface area contributed by atoms with Gasteiger partial charge in [0.1, 0.15) is 10.9 Å². The molecule has 0 aliphatic carbocycles. The topological polar surface area (TPSA) is 87.6 Å². The third-order valence-electron chi connectivity index (χ3n) is 1.71. The fraction of sp³-hybridized carbons (Fsp3) is 0.250. The van der Waals surface area contributed by atoms with E-state index in [1.54, 1.807) is 0 Å². The van der Waals surface area contributed by atoms with Crippen LogP contribution in [0.1, 0.15) is 10.8 Å². The quantitative estimate of drug-likeness (QED) is 0.895.